The Hall–Kier alpha value is -2.61. The summed E-state index contributed by atoms with van der Waals surface area (Å²) in [5, 5.41) is 15.2. The summed E-state index contributed by atoms with van der Waals surface area (Å²) in [6, 6.07) is 6.60. The van der Waals surface area contributed by atoms with Gasteiger partial charge in [-0.25, -0.2) is 4.79 Å². The molecule has 0 saturated heterocycles. The minimum atomic E-state index is -0.906. The van der Waals surface area contributed by atoms with E-state index in [1.165, 1.54) is 11.3 Å². The number of hydrogen-bond donors (Lipinski definition) is 3. The third kappa shape index (κ3) is 8.15. The topological polar surface area (TPSA) is 108 Å². The molecule has 2 rings (SSSR count). The molecule has 1 aromatic rings. The van der Waals surface area contributed by atoms with Gasteiger partial charge in [-0.15, -0.1) is 0 Å². The number of nitrogens with one attached hydrogen (secondary N) is 2. The van der Waals surface area contributed by atoms with Crippen LogP contribution in [0.3, 0.4) is 0 Å². The molecule has 8 nitrogen and oxygen atoms in total. The van der Waals surface area contributed by atoms with Crippen molar-refractivity contribution in [2.75, 3.05) is 19.7 Å². The van der Waals surface area contributed by atoms with Crippen LogP contribution >= 0.6 is 0 Å². The van der Waals surface area contributed by atoms with Crippen LogP contribution in [-0.2, 0) is 14.3 Å². The summed E-state index contributed by atoms with van der Waals surface area (Å²) in [6.45, 7) is 6.43. The Morgan fingerprint density at radius 1 is 1.19 bits per heavy atom. The number of benzene rings is 1. The molecule has 178 valence electrons. The van der Waals surface area contributed by atoms with E-state index in [0.29, 0.717) is 5.56 Å². The monoisotopic (exact) mass is 447 g/mol. The second-order valence-corrected chi connectivity index (χ2v) is 9.33. The number of hydrogen-bond acceptors (Lipinski definition) is 5. The van der Waals surface area contributed by atoms with Crippen LogP contribution < -0.4 is 10.6 Å². The summed E-state index contributed by atoms with van der Waals surface area (Å²) < 4.78 is 5.19. The van der Waals surface area contributed by atoms with Crippen LogP contribution in [0.15, 0.2) is 24.3 Å². The van der Waals surface area contributed by atoms with Gasteiger partial charge in [0.05, 0.1) is 6.61 Å². The molecule has 0 spiro atoms. The lowest BCUT2D eigenvalue weighted by Gasteiger charge is -2.33. The van der Waals surface area contributed by atoms with Gasteiger partial charge >= 0.3 is 6.09 Å². The molecule has 0 aromatic heterocycles. The zero-order chi connectivity index (χ0) is 23.7. The van der Waals surface area contributed by atoms with Gasteiger partial charge in [0, 0.05) is 12.6 Å². The van der Waals surface area contributed by atoms with E-state index < -0.39 is 23.6 Å². The van der Waals surface area contributed by atoms with E-state index >= 15 is 0 Å². The SMILES string of the molecule is Cc1cccc(C(C(=O)NC2CCCCC2)N(CCO)C(=O)CNC(=O)OC(C)(C)C)c1. The molecular formula is C24H37N3O5. The summed E-state index contributed by atoms with van der Waals surface area (Å²) in [5.74, 6) is -0.753. The molecule has 1 fully saturated rings. The van der Waals surface area contributed by atoms with Gasteiger partial charge in [0.1, 0.15) is 18.2 Å². The van der Waals surface area contributed by atoms with Crippen LogP contribution in [0.25, 0.3) is 0 Å². The van der Waals surface area contributed by atoms with E-state index in [1.807, 2.05) is 25.1 Å². The Morgan fingerprint density at radius 3 is 2.47 bits per heavy atom. The minimum Gasteiger partial charge on any atom is -0.444 e. The summed E-state index contributed by atoms with van der Waals surface area (Å²) in [4.78, 5) is 39.8. The Bertz CT molecular complexity index is 784. The Labute approximate surface area is 190 Å². The number of rotatable bonds is 8. The zero-order valence-corrected chi connectivity index (χ0v) is 19.6. The lowest BCUT2D eigenvalue weighted by atomic mass is 9.94. The molecule has 8 heteroatoms. The van der Waals surface area contributed by atoms with Gasteiger partial charge < -0.3 is 25.4 Å². The minimum absolute atomic E-state index is 0.0362. The van der Waals surface area contributed by atoms with Gasteiger partial charge in [0.2, 0.25) is 11.8 Å². The number of carbonyl (C=O) groups excluding carboxylic acids is 3. The molecule has 32 heavy (non-hydrogen) atoms. The number of amides is 3. The highest BCUT2D eigenvalue weighted by Crippen LogP contribution is 2.24. The van der Waals surface area contributed by atoms with E-state index in [4.69, 9.17) is 4.74 Å². The molecule has 0 heterocycles. The molecule has 3 amide bonds. The fraction of sp³-hybridized carbons (Fsp3) is 0.625. The van der Waals surface area contributed by atoms with Gasteiger partial charge in [-0.3, -0.25) is 9.59 Å². The van der Waals surface area contributed by atoms with Crippen LogP contribution in [0.4, 0.5) is 4.79 Å². The second kappa shape index (κ2) is 11.9. The number of aryl methyl sites for hydroxylation is 1. The van der Waals surface area contributed by atoms with Crippen LogP contribution in [0, 0.1) is 6.92 Å². The molecule has 1 unspecified atom stereocenters. The first-order valence-electron chi connectivity index (χ1n) is 11.3. The molecule has 0 radical (unpaired) electrons. The molecule has 3 N–H and O–H groups in total. The first-order chi connectivity index (χ1) is 15.1. The quantitative estimate of drug-likeness (QED) is 0.568. The summed E-state index contributed by atoms with van der Waals surface area (Å²) in [7, 11) is 0. The number of carbonyl (C=O) groups is 3. The van der Waals surface area contributed by atoms with Gasteiger partial charge in [-0.05, 0) is 46.1 Å². The van der Waals surface area contributed by atoms with Crippen molar-refractivity contribution in [2.24, 2.45) is 0 Å². The number of aliphatic hydroxyl groups excluding tert-OH is 1. The lowest BCUT2D eigenvalue weighted by Crippen LogP contribution is -2.50. The molecule has 1 aliphatic carbocycles. The average molecular weight is 448 g/mol. The van der Waals surface area contributed by atoms with Crippen molar-refractivity contribution >= 4 is 17.9 Å². The van der Waals surface area contributed by atoms with Gasteiger partial charge in [0.15, 0.2) is 0 Å². The first-order valence-corrected chi connectivity index (χ1v) is 11.3. The number of ether oxygens (including phenoxy) is 1. The summed E-state index contributed by atoms with van der Waals surface area (Å²) in [5.41, 5.74) is 0.931. The van der Waals surface area contributed by atoms with Gasteiger partial charge in [-0.2, -0.15) is 0 Å². The Balaban J connectivity index is 2.22. The highest BCUT2D eigenvalue weighted by atomic mass is 16.6. The molecule has 1 atom stereocenters. The normalized spacial score (nSPS) is 15.5. The Kier molecular flexibility index (Phi) is 9.50. The summed E-state index contributed by atoms with van der Waals surface area (Å²) in [6.07, 6.45) is 4.42. The van der Waals surface area contributed by atoms with Gasteiger partial charge in [-0.1, -0.05) is 49.1 Å². The second-order valence-electron chi connectivity index (χ2n) is 9.33. The predicted molar refractivity (Wildman–Crippen MR) is 122 cm³/mol. The van der Waals surface area contributed by atoms with Crippen LogP contribution in [0.1, 0.15) is 70.0 Å². The van der Waals surface area contributed by atoms with E-state index in [2.05, 4.69) is 10.6 Å². The maximum Gasteiger partial charge on any atom is 0.408 e. The van der Waals surface area contributed by atoms with Crippen LogP contribution in [0.5, 0.6) is 0 Å². The molecule has 1 saturated carbocycles. The standard InChI is InChI=1S/C24H37N3O5/c1-17-9-8-10-18(15-17)21(22(30)26-19-11-6-5-7-12-19)27(13-14-28)20(29)16-25-23(31)32-24(2,3)4/h8-10,15,19,21,28H,5-7,11-14,16H2,1-4H3,(H,25,31)(H,26,30). The molecular weight excluding hydrogens is 410 g/mol. The van der Waals surface area contributed by atoms with E-state index in [-0.39, 0.29) is 31.6 Å². The highest BCUT2D eigenvalue weighted by molar-refractivity contribution is 5.90. The molecule has 1 aromatic carbocycles. The van der Waals surface area contributed by atoms with E-state index in [9.17, 15) is 19.5 Å². The smallest absolute Gasteiger partial charge is 0.408 e. The van der Waals surface area contributed by atoms with Crippen molar-refractivity contribution in [3.8, 4) is 0 Å². The predicted octanol–water partition coefficient (Wildman–Crippen LogP) is 2.83. The van der Waals surface area contributed by atoms with Crippen molar-refractivity contribution < 1.29 is 24.2 Å². The highest BCUT2D eigenvalue weighted by Gasteiger charge is 2.33. The lowest BCUT2D eigenvalue weighted by molar-refractivity contribution is -0.141. The van der Waals surface area contributed by atoms with Crippen molar-refractivity contribution in [1.82, 2.24) is 15.5 Å². The van der Waals surface area contributed by atoms with E-state index in [0.717, 1.165) is 31.2 Å². The number of nitrogens with zero attached hydrogens (tertiary/aromatic N) is 1. The zero-order valence-electron chi connectivity index (χ0n) is 19.6. The summed E-state index contributed by atoms with van der Waals surface area (Å²) >= 11 is 0. The fourth-order valence-electron chi connectivity index (χ4n) is 3.91. The fourth-order valence-corrected chi connectivity index (χ4v) is 3.91. The van der Waals surface area contributed by atoms with Crippen molar-refractivity contribution in [2.45, 2.75) is 77.5 Å². The third-order valence-corrected chi connectivity index (χ3v) is 5.31. The average Bonchev–Trinajstić information content (AvgIpc) is 2.71. The first kappa shape index (κ1) is 25.6. The number of alkyl carbamates (subject to hydrolysis) is 1. The maximum atomic E-state index is 13.4. The van der Waals surface area contributed by atoms with Crippen molar-refractivity contribution in [3.05, 3.63) is 35.4 Å². The molecule has 0 bridgehead atoms. The number of aliphatic hydroxyl groups is 1. The van der Waals surface area contributed by atoms with Crippen LogP contribution in [0.2, 0.25) is 0 Å². The van der Waals surface area contributed by atoms with Gasteiger partial charge in [0.25, 0.3) is 0 Å². The Morgan fingerprint density at radius 2 is 1.88 bits per heavy atom. The van der Waals surface area contributed by atoms with E-state index in [1.54, 1.807) is 26.8 Å². The molecule has 0 aliphatic heterocycles. The molecule has 1 aliphatic rings. The van der Waals surface area contributed by atoms with Crippen molar-refractivity contribution in [3.63, 3.8) is 0 Å². The van der Waals surface area contributed by atoms with Crippen molar-refractivity contribution in [1.29, 1.82) is 0 Å². The largest absolute Gasteiger partial charge is 0.444 e. The third-order valence-electron chi connectivity index (χ3n) is 5.31. The van der Waals surface area contributed by atoms with Crippen LogP contribution in [-0.4, -0.2) is 59.3 Å². The maximum absolute atomic E-state index is 13.4.